The number of hydrogen-bond donors (Lipinski definition) is 2. The Labute approximate surface area is 150 Å². The molecule has 0 bridgehead atoms. The highest BCUT2D eigenvalue weighted by Crippen LogP contribution is 2.34. The summed E-state index contributed by atoms with van der Waals surface area (Å²) >= 11 is 0. The molecule has 0 aromatic carbocycles. The van der Waals surface area contributed by atoms with Crippen LogP contribution in [0.5, 0.6) is 5.95 Å². The molecule has 2 N–H and O–H groups in total. The van der Waals surface area contributed by atoms with Gasteiger partial charge in [-0.3, -0.25) is 4.40 Å². The van der Waals surface area contributed by atoms with E-state index in [-0.39, 0.29) is 5.95 Å². The van der Waals surface area contributed by atoms with E-state index in [2.05, 4.69) is 10.1 Å². The van der Waals surface area contributed by atoms with Crippen molar-refractivity contribution < 1.29 is 19.1 Å². The zero-order valence-corrected chi connectivity index (χ0v) is 14.6. The summed E-state index contributed by atoms with van der Waals surface area (Å²) < 4.78 is 12.2. The number of pyridine rings is 1. The second-order valence-electron chi connectivity index (χ2n) is 6.71. The van der Waals surface area contributed by atoms with Crippen molar-refractivity contribution >= 4 is 17.6 Å². The number of aromatic nitrogens is 2. The number of nitrogens with one attached hydrogen (secondary N) is 1. The summed E-state index contributed by atoms with van der Waals surface area (Å²) in [6.07, 6.45) is 6.57. The van der Waals surface area contributed by atoms with Crippen molar-refractivity contribution in [2.75, 3.05) is 5.32 Å². The van der Waals surface area contributed by atoms with Crippen LogP contribution in [-0.4, -0.2) is 26.7 Å². The zero-order chi connectivity index (χ0) is 18.1. The summed E-state index contributed by atoms with van der Waals surface area (Å²) in [5.41, 5.74) is 2.59. The summed E-state index contributed by atoms with van der Waals surface area (Å²) in [4.78, 5) is 15.4. The molecule has 0 radical (unpaired) electrons. The number of carboxylic acid groups (broad SMARTS) is 1. The van der Waals surface area contributed by atoms with Gasteiger partial charge in [0, 0.05) is 18.3 Å². The predicted octanol–water partition coefficient (Wildman–Crippen LogP) is 4.70. The molecule has 1 saturated carbocycles. The second kappa shape index (κ2) is 6.74. The highest BCUT2D eigenvalue weighted by molar-refractivity contribution is 5.74. The van der Waals surface area contributed by atoms with Crippen LogP contribution in [0.1, 0.15) is 37.7 Å². The quantitative estimate of drug-likeness (QED) is 0.659. The maximum absolute atomic E-state index is 10.7. The van der Waals surface area contributed by atoms with Crippen molar-refractivity contribution in [2.24, 2.45) is 0 Å². The molecule has 7 heteroatoms. The Morgan fingerprint density at radius 1 is 1.31 bits per heavy atom. The molecule has 7 nitrogen and oxygen atoms in total. The highest BCUT2D eigenvalue weighted by Gasteiger charge is 2.22. The van der Waals surface area contributed by atoms with Crippen molar-refractivity contribution in [3.8, 4) is 17.4 Å². The lowest BCUT2D eigenvalue weighted by Crippen LogP contribution is -2.23. The lowest BCUT2D eigenvalue weighted by molar-refractivity contribution is 0.133. The number of imidazole rings is 1. The molecule has 0 amide bonds. The van der Waals surface area contributed by atoms with Gasteiger partial charge in [-0.05, 0) is 43.5 Å². The summed E-state index contributed by atoms with van der Waals surface area (Å²) in [6, 6.07) is 7.61. The van der Waals surface area contributed by atoms with E-state index in [1.165, 1.54) is 25.3 Å². The molecule has 1 aliphatic rings. The van der Waals surface area contributed by atoms with Gasteiger partial charge >= 0.3 is 6.16 Å². The van der Waals surface area contributed by atoms with Crippen LogP contribution in [-0.2, 0) is 0 Å². The van der Waals surface area contributed by atoms with Gasteiger partial charge in [-0.2, -0.15) is 0 Å². The van der Waals surface area contributed by atoms with Gasteiger partial charge in [-0.1, -0.05) is 19.3 Å². The second-order valence-corrected chi connectivity index (χ2v) is 6.71. The molecule has 136 valence electrons. The fourth-order valence-electron chi connectivity index (χ4n) is 3.48. The summed E-state index contributed by atoms with van der Waals surface area (Å²) in [5.74, 6) is 1.27. The number of carbonyl (C=O) groups is 1. The van der Waals surface area contributed by atoms with Crippen LogP contribution < -0.4 is 10.1 Å². The molecule has 0 unspecified atom stereocenters. The minimum Gasteiger partial charge on any atom is -0.449 e. The lowest BCUT2D eigenvalue weighted by Gasteiger charge is -2.23. The van der Waals surface area contributed by atoms with Gasteiger partial charge < -0.3 is 19.6 Å². The molecular formula is C19H21N3O4. The average molecular weight is 355 g/mol. The standard InChI is InChI=1S/C19H21N3O4/c1-12-9-10-22-15(11-12)21-17(14-7-8-16(25-14)26-19(23)24)18(22)20-13-5-3-2-4-6-13/h7-11,13,20H,2-6H2,1H3,(H,23,24). The number of ether oxygens (including phenoxy) is 1. The average Bonchev–Trinajstić information content (AvgIpc) is 3.20. The third-order valence-electron chi connectivity index (χ3n) is 4.73. The monoisotopic (exact) mass is 355 g/mol. The van der Waals surface area contributed by atoms with Crippen molar-refractivity contribution in [2.45, 2.75) is 45.1 Å². The van der Waals surface area contributed by atoms with Crippen molar-refractivity contribution in [3.63, 3.8) is 0 Å². The minimum atomic E-state index is -1.41. The Hall–Kier alpha value is -2.96. The fraction of sp³-hybridized carbons (Fsp3) is 0.368. The largest absolute Gasteiger partial charge is 0.513 e. The van der Waals surface area contributed by atoms with Crippen LogP contribution in [0.2, 0.25) is 0 Å². The van der Waals surface area contributed by atoms with Crippen LogP contribution in [0.15, 0.2) is 34.9 Å². The third-order valence-corrected chi connectivity index (χ3v) is 4.73. The van der Waals surface area contributed by atoms with E-state index in [1.54, 1.807) is 6.07 Å². The first-order valence-electron chi connectivity index (χ1n) is 8.86. The SMILES string of the molecule is Cc1ccn2c(NC3CCCCC3)c(-c3ccc(OC(=O)O)o3)nc2c1. The molecule has 3 heterocycles. The molecule has 0 spiro atoms. The summed E-state index contributed by atoms with van der Waals surface area (Å²) in [6.45, 7) is 2.02. The smallest absolute Gasteiger partial charge is 0.449 e. The van der Waals surface area contributed by atoms with E-state index >= 15 is 0 Å². The van der Waals surface area contributed by atoms with Gasteiger partial charge in [0.25, 0.3) is 5.95 Å². The summed E-state index contributed by atoms with van der Waals surface area (Å²) in [7, 11) is 0. The predicted molar refractivity (Wildman–Crippen MR) is 96.8 cm³/mol. The van der Waals surface area contributed by atoms with Crippen LogP contribution in [0, 0.1) is 6.92 Å². The first kappa shape index (κ1) is 16.5. The Morgan fingerprint density at radius 2 is 2.12 bits per heavy atom. The molecule has 3 aromatic rings. The fourth-order valence-corrected chi connectivity index (χ4v) is 3.48. The number of aryl methyl sites for hydroxylation is 1. The number of nitrogens with zero attached hydrogens (tertiary/aromatic N) is 2. The van der Waals surface area contributed by atoms with Crippen LogP contribution in [0.3, 0.4) is 0 Å². The number of hydrogen-bond acceptors (Lipinski definition) is 5. The van der Waals surface area contributed by atoms with Gasteiger partial charge in [0.15, 0.2) is 5.76 Å². The van der Waals surface area contributed by atoms with E-state index in [4.69, 9.17) is 14.5 Å². The van der Waals surface area contributed by atoms with Gasteiger partial charge in [0.05, 0.1) is 0 Å². The number of furan rings is 1. The van der Waals surface area contributed by atoms with Gasteiger partial charge in [0.2, 0.25) is 0 Å². The number of anilines is 1. The van der Waals surface area contributed by atoms with Gasteiger partial charge in [-0.15, -0.1) is 0 Å². The number of fused-ring (bicyclic) bond motifs is 1. The third kappa shape index (κ3) is 3.24. The van der Waals surface area contributed by atoms with Crippen LogP contribution in [0.4, 0.5) is 10.6 Å². The first-order chi connectivity index (χ1) is 12.6. The van der Waals surface area contributed by atoms with Crippen molar-refractivity contribution in [1.82, 2.24) is 9.38 Å². The minimum absolute atomic E-state index is 0.0654. The van der Waals surface area contributed by atoms with Crippen molar-refractivity contribution in [1.29, 1.82) is 0 Å². The Bertz CT molecular complexity index is 938. The Balaban J connectivity index is 1.75. The molecule has 4 rings (SSSR count). The number of rotatable bonds is 4. The van der Waals surface area contributed by atoms with Crippen LogP contribution in [0.25, 0.3) is 17.1 Å². The van der Waals surface area contributed by atoms with E-state index in [0.29, 0.717) is 17.5 Å². The molecule has 0 atom stereocenters. The first-order valence-corrected chi connectivity index (χ1v) is 8.86. The normalized spacial score (nSPS) is 15.3. The molecule has 26 heavy (non-hydrogen) atoms. The highest BCUT2D eigenvalue weighted by atomic mass is 16.7. The molecule has 3 aromatic heterocycles. The topological polar surface area (TPSA) is 89.0 Å². The van der Waals surface area contributed by atoms with Crippen molar-refractivity contribution in [3.05, 3.63) is 36.0 Å². The maximum Gasteiger partial charge on any atom is 0.513 e. The zero-order valence-electron chi connectivity index (χ0n) is 14.6. The lowest BCUT2D eigenvalue weighted by atomic mass is 9.95. The molecule has 1 fully saturated rings. The van der Waals surface area contributed by atoms with Crippen LogP contribution >= 0.6 is 0 Å². The maximum atomic E-state index is 10.7. The summed E-state index contributed by atoms with van der Waals surface area (Å²) in [5, 5.41) is 12.4. The van der Waals surface area contributed by atoms with E-state index in [1.807, 2.05) is 29.7 Å². The Morgan fingerprint density at radius 3 is 2.88 bits per heavy atom. The molecule has 0 saturated heterocycles. The van der Waals surface area contributed by atoms with Gasteiger partial charge in [0.1, 0.15) is 17.2 Å². The molecule has 1 aliphatic carbocycles. The molecule has 0 aliphatic heterocycles. The Kier molecular flexibility index (Phi) is 4.28. The van der Waals surface area contributed by atoms with E-state index in [9.17, 15) is 4.79 Å². The van der Waals surface area contributed by atoms with E-state index in [0.717, 1.165) is 29.9 Å². The van der Waals surface area contributed by atoms with Gasteiger partial charge in [-0.25, -0.2) is 9.78 Å². The molecular weight excluding hydrogens is 334 g/mol. The van der Waals surface area contributed by atoms with E-state index < -0.39 is 6.16 Å².